The summed E-state index contributed by atoms with van der Waals surface area (Å²) < 4.78 is 11.1. The van der Waals surface area contributed by atoms with Crippen molar-refractivity contribution >= 4 is 11.5 Å². The number of ether oxygens (including phenoxy) is 2. The second-order valence-electron chi connectivity index (χ2n) is 4.92. The fraction of sp³-hybridized carbons (Fsp3) is 0.692. The van der Waals surface area contributed by atoms with Gasteiger partial charge in [-0.05, 0) is 13.3 Å². The predicted octanol–water partition coefficient (Wildman–Crippen LogP) is 0.434. The predicted molar refractivity (Wildman–Crippen MR) is 75.9 cm³/mol. The molecule has 1 aromatic heterocycles. The van der Waals surface area contributed by atoms with Gasteiger partial charge < -0.3 is 25.2 Å². The summed E-state index contributed by atoms with van der Waals surface area (Å²) in [6.07, 6.45) is 2.12. The third kappa shape index (κ3) is 3.29. The summed E-state index contributed by atoms with van der Waals surface area (Å²) in [5.74, 6) is 1.05. The van der Waals surface area contributed by atoms with Gasteiger partial charge in [-0.15, -0.1) is 0 Å². The van der Waals surface area contributed by atoms with Gasteiger partial charge in [0.1, 0.15) is 12.0 Å². The smallest absolute Gasteiger partial charge is 0.242 e. The van der Waals surface area contributed by atoms with Crippen LogP contribution < -0.4 is 15.4 Å². The van der Waals surface area contributed by atoms with Gasteiger partial charge in [-0.3, -0.25) is 0 Å². The number of rotatable bonds is 5. The standard InChI is InChI=1S/C13H22N4O3/c1-3-4-19-13-11(14)12(15-8-16-13)17-5-9(2)20-10(6-17)7-18/h8-10,18H,3-7,14H2,1-2H3. The van der Waals surface area contributed by atoms with Gasteiger partial charge in [0.2, 0.25) is 5.88 Å². The third-order valence-corrected chi connectivity index (χ3v) is 3.10. The lowest BCUT2D eigenvalue weighted by Crippen LogP contribution is -2.48. The molecule has 0 amide bonds. The molecule has 3 N–H and O–H groups in total. The summed E-state index contributed by atoms with van der Waals surface area (Å²) >= 11 is 0. The van der Waals surface area contributed by atoms with E-state index in [1.54, 1.807) is 0 Å². The first-order valence-corrected chi connectivity index (χ1v) is 6.90. The Labute approximate surface area is 118 Å². The van der Waals surface area contributed by atoms with E-state index in [1.165, 1.54) is 6.33 Å². The minimum Gasteiger partial charge on any atom is -0.476 e. The Hall–Kier alpha value is -1.60. The Kier molecular flexibility index (Phi) is 4.97. The number of aliphatic hydroxyl groups excluding tert-OH is 1. The number of nitrogen functional groups attached to an aromatic ring is 1. The summed E-state index contributed by atoms with van der Waals surface area (Å²) in [6, 6.07) is 0. The van der Waals surface area contributed by atoms with Crippen LogP contribution in [0.2, 0.25) is 0 Å². The SMILES string of the molecule is CCCOc1ncnc(N2CC(C)OC(CO)C2)c1N. The highest BCUT2D eigenvalue weighted by Gasteiger charge is 2.27. The van der Waals surface area contributed by atoms with Crippen LogP contribution in [0.4, 0.5) is 11.5 Å². The average molecular weight is 282 g/mol. The van der Waals surface area contributed by atoms with Gasteiger partial charge >= 0.3 is 0 Å². The molecule has 0 aromatic carbocycles. The second-order valence-corrected chi connectivity index (χ2v) is 4.92. The maximum Gasteiger partial charge on any atom is 0.242 e. The van der Waals surface area contributed by atoms with E-state index >= 15 is 0 Å². The molecule has 7 heteroatoms. The number of nitrogens with two attached hydrogens (primary N) is 1. The van der Waals surface area contributed by atoms with E-state index in [1.807, 2.05) is 18.7 Å². The van der Waals surface area contributed by atoms with Gasteiger partial charge in [-0.2, -0.15) is 4.98 Å². The number of morpholine rings is 1. The van der Waals surface area contributed by atoms with Crippen molar-refractivity contribution in [2.24, 2.45) is 0 Å². The molecule has 2 atom stereocenters. The normalized spacial score (nSPS) is 22.9. The van der Waals surface area contributed by atoms with Gasteiger partial charge in [0, 0.05) is 13.1 Å². The largest absolute Gasteiger partial charge is 0.476 e. The highest BCUT2D eigenvalue weighted by Crippen LogP contribution is 2.29. The van der Waals surface area contributed by atoms with Gasteiger partial charge in [-0.1, -0.05) is 6.92 Å². The fourth-order valence-electron chi connectivity index (χ4n) is 2.26. The van der Waals surface area contributed by atoms with Crippen molar-refractivity contribution in [3.8, 4) is 5.88 Å². The first-order valence-electron chi connectivity index (χ1n) is 6.90. The third-order valence-electron chi connectivity index (χ3n) is 3.10. The average Bonchev–Trinajstić information content (AvgIpc) is 2.45. The van der Waals surface area contributed by atoms with Gasteiger partial charge in [-0.25, -0.2) is 4.98 Å². The highest BCUT2D eigenvalue weighted by atomic mass is 16.5. The molecular weight excluding hydrogens is 260 g/mol. The van der Waals surface area contributed by atoms with Crippen LogP contribution in [0.15, 0.2) is 6.33 Å². The Morgan fingerprint density at radius 2 is 2.30 bits per heavy atom. The number of aromatic nitrogens is 2. The highest BCUT2D eigenvalue weighted by molar-refractivity contribution is 5.68. The van der Waals surface area contributed by atoms with Crippen molar-refractivity contribution in [2.75, 3.05) is 36.9 Å². The van der Waals surface area contributed by atoms with E-state index in [0.29, 0.717) is 37.1 Å². The minimum atomic E-state index is -0.229. The van der Waals surface area contributed by atoms with Crippen LogP contribution in [-0.4, -0.2) is 53.6 Å². The molecule has 0 spiro atoms. The maximum atomic E-state index is 9.27. The monoisotopic (exact) mass is 282 g/mol. The van der Waals surface area contributed by atoms with Crippen LogP contribution in [0.1, 0.15) is 20.3 Å². The first kappa shape index (κ1) is 14.8. The van der Waals surface area contributed by atoms with Crippen LogP contribution in [0.5, 0.6) is 5.88 Å². The molecule has 2 rings (SSSR count). The number of hydrogen-bond acceptors (Lipinski definition) is 7. The number of nitrogens with zero attached hydrogens (tertiary/aromatic N) is 3. The summed E-state index contributed by atoms with van der Waals surface area (Å²) in [5.41, 5.74) is 6.53. The summed E-state index contributed by atoms with van der Waals surface area (Å²) in [6.45, 7) is 5.75. The Morgan fingerprint density at radius 3 is 3.00 bits per heavy atom. The number of aliphatic hydroxyl groups is 1. The topological polar surface area (TPSA) is 93.7 Å². The quantitative estimate of drug-likeness (QED) is 0.809. The Balaban J connectivity index is 2.18. The molecule has 2 unspecified atom stereocenters. The van der Waals surface area contributed by atoms with E-state index in [-0.39, 0.29) is 18.8 Å². The molecule has 1 fully saturated rings. The van der Waals surface area contributed by atoms with Crippen LogP contribution in [-0.2, 0) is 4.74 Å². The Bertz CT molecular complexity index is 444. The van der Waals surface area contributed by atoms with Gasteiger partial charge in [0.15, 0.2) is 5.82 Å². The molecule has 1 aliphatic heterocycles. The molecule has 2 heterocycles. The molecule has 0 saturated carbocycles. The van der Waals surface area contributed by atoms with E-state index in [4.69, 9.17) is 15.2 Å². The second kappa shape index (κ2) is 6.71. The molecule has 0 aliphatic carbocycles. The number of anilines is 2. The molecule has 1 aromatic rings. The summed E-state index contributed by atoms with van der Waals surface area (Å²) in [4.78, 5) is 10.3. The van der Waals surface area contributed by atoms with Crippen molar-refractivity contribution in [1.82, 2.24) is 9.97 Å². The summed E-state index contributed by atoms with van der Waals surface area (Å²) in [7, 11) is 0. The zero-order valence-corrected chi connectivity index (χ0v) is 12.0. The van der Waals surface area contributed by atoms with E-state index in [2.05, 4.69) is 9.97 Å². The molecule has 112 valence electrons. The zero-order chi connectivity index (χ0) is 14.5. The molecule has 0 radical (unpaired) electrons. The van der Waals surface area contributed by atoms with Crippen molar-refractivity contribution in [1.29, 1.82) is 0 Å². The van der Waals surface area contributed by atoms with Crippen LogP contribution in [0, 0.1) is 0 Å². The van der Waals surface area contributed by atoms with Crippen molar-refractivity contribution in [2.45, 2.75) is 32.5 Å². The molecule has 1 aliphatic rings. The van der Waals surface area contributed by atoms with E-state index < -0.39 is 0 Å². The summed E-state index contributed by atoms with van der Waals surface area (Å²) in [5, 5.41) is 9.27. The fourth-order valence-corrected chi connectivity index (χ4v) is 2.26. The van der Waals surface area contributed by atoms with Crippen molar-refractivity contribution in [3.63, 3.8) is 0 Å². The molecule has 1 saturated heterocycles. The maximum absolute atomic E-state index is 9.27. The van der Waals surface area contributed by atoms with Gasteiger partial charge in [0.25, 0.3) is 0 Å². The van der Waals surface area contributed by atoms with Crippen LogP contribution >= 0.6 is 0 Å². The lowest BCUT2D eigenvalue weighted by molar-refractivity contribution is -0.0422. The van der Waals surface area contributed by atoms with Gasteiger partial charge in [0.05, 0.1) is 25.4 Å². The number of hydrogen-bond donors (Lipinski definition) is 2. The minimum absolute atomic E-state index is 0.00951. The first-order chi connectivity index (χ1) is 9.65. The van der Waals surface area contributed by atoms with Crippen LogP contribution in [0.25, 0.3) is 0 Å². The van der Waals surface area contributed by atoms with Crippen LogP contribution in [0.3, 0.4) is 0 Å². The van der Waals surface area contributed by atoms with E-state index in [9.17, 15) is 5.11 Å². The van der Waals surface area contributed by atoms with Crippen molar-refractivity contribution < 1.29 is 14.6 Å². The van der Waals surface area contributed by atoms with E-state index in [0.717, 1.165) is 6.42 Å². The molecule has 7 nitrogen and oxygen atoms in total. The zero-order valence-electron chi connectivity index (χ0n) is 12.0. The molecule has 20 heavy (non-hydrogen) atoms. The van der Waals surface area contributed by atoms with Crippen molar-refractivity contribution in [3.05, 3.63) is 6.33 Å². The lowest BCUT2D eigenvalue weighted by atomic mass is 10.2. The lowest BCUT2D eigenvalue weighted by Gasteiger charge is -2.37. The molecular formula is C13H22N4O3. The Morgan fingerprint density at radius 1 is 1.50 bits per heavy atom. The molecule has 0 bridgehead atoms.